The van der Waals surface area contributed by atoms with Crippen molar-refractivity contribution < 1.29 is 9.78 Å². The van der Waals surface area contributed by atoms with Crippen molar-refractivity contribution in [1.29, 1.82) is 0 Å². The number of pyridine rings is 2. The molecule has 0 aromatic carbocycles. The Balaban J connectivity index is 1.63. The van der Waals surface area contributed by atoms with Crippen LogP contribution in [0.5, 0.6) is 0 Å². The highest BCUT2D eigenvalue weighted by atomic mass is 16.2. The summed E-state index contributed by atoms with van der Waals surface area (Å²) in [4.78, 5) is 23.7. The summed E-state index contributed by atoms with van der Waals surface area (Å²) in [6.45, 7) is 3.14. The van der Waals surface area contributed by atoms with Crippen LogP contribution in [0.2, 0.25) is 0 Å². The van der Waals surface area contributed by atoms with Gasteiger partial charge in [-0.3, -0.25) is 14.7 Å². The number of carbonyl (C=O) groups is 1. The maximum atomic E-state index is 12.3. The summed E-state index contributed by atoms with van der Waals surface area (Å²) >= 11 is 0. The van der Waals surface area contributed by atoms with E-state index in [2.05, 4.69) is 20.9 Å². The fourth-order valence-corrected chi connectivity index (χ4v) is 2.40. The largest absolute Gasteiger partial charge is 0.331 e. The Bertz CT molecular complexity index is 565. The zero-order chi connectivity index (χ0) is 13.8. The first kappa shape index (κ1) is 12.6. The highest BCUT2D eigenvalue weighted by Gasteiger charge is 2.26. The molecule has 1 aliphatic rings. The number of anilines is 1. The van der Waals surface area contributed by atoms with Crippen LogP contribution in [0.1, 0.15) is 10.4 Å². The van der Waals surface area contributed by atoms with E-state index < -0.39 is 0 Å². The van der Waals surface area contributed by atoms with E-state index in [0.717, 1.165) is 32.0 Å². The molecule has 3 heterocycles. The van der Waals surface area contributed by atoms with Gasteiger partial charge in [-0.1, -0.05) is 6.07 Å². The Morgan fingerprint density at radius 2 is 1.95 bits per heavy atom. The fraction of sp³-hybridized carbons (Fsp3) is 0.267. The lowest BCUT2D eigenvalue weighted by Crippen LogP contribution is -2.50. The van der Waals surface area contributed by atoms with Crippen LogP contribution in [-0.2, 0) is 0 Å². The number of hydrogen-bond acceptors (Lipinski definition) is 3. The summed E-state index contributed by atoms with van der Waals surface area (Å²) in [6.07, 6.45) is 5.22. The van der Waals surface area contributed by atoms with E-state index in [1.165, 1.54) is 0 Å². The van der Waals surface area contributed by atoms with Crippen molar-refractivity contribution in [1.82, 2.24) is 9.88 Å². The predicted molar refractivity (Wildman–Crippen MR) is 75.4 cm³/mol. The van der Waals surface area contributed by atoms with Gasteiger partial charge < -0.3 is 4.90 Å². The van der Waals surface area contributed by atoms with E-state index >= 15 is 0 Å². The number of piperazine rings is 1. The molecule has 0 radical (unpaired) electrons. The summed E-state index contributed by atoms with van der Waals surface area (Å²) in [5, 5.41) is 0. The number of nitrogens with zero attached hydrogens (tertiary/aromatic N) is 3. The Morgan fingerprint density at radius 1 is 1.10 bits per heavy atom. The van der Waals surface area contributed by atoms with Gasteiger partial charge in [0.25, 0.3) is 11.7 Å². The highest BCUT2D eigenvalue weighted by Crippen LogP contribution is 2.12. The van der Waals surface area contributed by atoms with E-state index in [0.29, 0.717) is 5.56 Å². The minimum absolute atomic E-state index is 0.0646. The van der Waals surface area contributed by atoms with Crippen molar-refractivity contribution in [2.24, 2.45) is 0 Å². The molecule has 0 atom stereocenters. The molecule has 0 aliphatic carbocycles. The van der Waals surface area contributed by atoms with E-state index in [1.807, 2.05) is 29.3 Å². The van der Waals surface area contributed by atoms with Gasteiger partial charge in [0, 0.05) is 18.5 Å². The first-order chi connectivity index (χ1) is 9.84. The van der Waals surface area contributed by atoms with Crippen molar-refractivity contribution >= 4 is 11.7 Å². The zero-order valence-corrected chi connectivity index (χ0v) is 11.2. The molecule has 1 aliphatic heterocycles. The Hall–Kier alpha value is -2.43. The first-order valence-corrected chi connectivity index (χ1v) is 6.75. The third-order valence-electron chi connectivity index (χ3n) is 3.51. The maximum absolute atomic E-state index is 12.3. The lowest BCUT2D eigenvalue weighted by atomic mass is 10.2. The fourth-order valence-electron chi connectivity index (χ4n) is 2.40. The molecular formula is C15H17N4O+. The van der Waals surface area contributed by atoms with Gasteiger partial charge in [0.05, 0.1) is 24.8 Å². The molecule has 0 spiro atoms. The van der Waals surface area contributed by atoms with Crippen LogP contribution in [0.4, 0.5) is 5.82 Å². The topological polar surface area (TPSA) is 50.6 Å². The number of aromatic amines is 1. The predicted octanol–water partition coefficient (Wildman–Crippen LogP) is 0.858. The van der Waals surface area contributed by atoms with Gasteiger partial charge >= 0.3 is 0 Å². The Labute approximate surface area is 117 Å². The molecular weight excluding hydrogens is 252 g/mol. The van der Waals surface area contributed by atoms with Crippen molar-refractivity contribution in [2.75, 3.05) is 31.1 Å². The molecule has 102 valence electrons. The molecule has 0 saturated carbocycles. The SMILES string of the molecule is O=C(c1cccnc1)N1CCN(c2cccc[nH+]2)CC1. The van der Waals surface area contributed by atoms with Crippen LogP contribution in [0.15, 0.2) is 48.9 Å². The van der Waals surface area contributed by atoms with Crippen molar-refractivity contribution in [3.05, 3.63) is 54.5 Å². The molecule has 1 saturated heterocycles. The summed E-state index contributed by atoms with van der Waals surface area (Å²) in [7, 11) is 0. The lowest BCUT2D eigenvalue weighted by molar-refractivity contribution is -0.364. The molecule has 1 amide bonds. The highest BCUT2D eigenvalue weighted by molar-refractivity contribution is 5.94. The standard InChI is InChI=1S/C15H16N4O/c20-15(13-4-3-6-16-12-13)19-10-8-18(9-11-19)14-5-1-2-7-17-14/h1-7,12H,8-11H2/p+1. The number of nitrogens with one attached hydrogen (secondary N) is 1. The number of H-pyrrole nitrogens is 1. The molecule has 2 aromatic heterocycles. The monoisotopic (exact) mass is 269 g/mol. The third kappa shape index (κ3) is 2.61. The van der Waals surface area contributed by atoms with Gasteiger partial charge in [0.15, 0.2) is 0 Å². The number of aromatic nitrogens is 2. The van der Waals surface area contributed by atoms with E-state index in [-0.39, 0.29) is 5.91 Å². The van der Waals surface area contributed by atoms with Crippen LogP contribution < -0.4 is 9.88 Å². The van der Waals surface area contributed by atoms with Gasteiger partial charge in [-0.15, -0.1) is 0 Å². The molecule has 0 unspecified atom stereocenters. The normalized spacial score (nSPS) is 15.2. The third-order valence-corrected chi connectivity index (χ3v) is 3.51. The lowest BCUT2D eigenvalue weighted by Gasteiger charge is -2.30. The van der Waals surface area contributed by atoms with Crippen molar-refractivity contribution in [3.8, 4) is 0 Å². The molecule has 5 nitrogen and oxygen atoms in total. The number of rotatable bonds is 2. The summed E-state index contributed by atoms with van der Waals surface area (Å²) in [5.41, 5.74) is 0.659. The van der Waals surface area contributed by atoms with Crippen molar-refractivity contribution in [3.63, 3.8) is 0 Å². The Morgan fingerprint density at radius 3 is 2.60 bits per heavy atom. The Kier molecular flexibility index (Phi) is 3.58. The molecule has 3 rings (SSSR count). The average molecular weight is 269 g/mol. The van der Waals surface area contributed by atoms with Crippen LogP contribution in [0.3, 0.4) is 0 Å². The van der Waals surface area contributed by atoms with Gasteiger partial charge in [0.1, 0.15) is 13.1 Å². The van der Waals surface area contributed by atoms with E-state index in [9.17, 15) is 4.79 Å². The van der Waals surface area contributed by atoms with Gasteiger partial charge in [-0.05, 0) is 18.2 Å². The van der Waals surface area contributed by atoms with E-state index in [4.69, 9.17) is 0 Å². The maximum Gasteiger partial charge on any atom is 0.274 e. The number of amides is 1. The minimum atomic E-state index is 0.0646. The van der Waals surface area contributed by atoms with Crippen LogP contribution >= 0.6 is 0 Å². The molecule has 1 N–H and O–H groups in total. The average Bonchev–Trinajstić information content (AvgIpc) is 2.56. The molecule has 5 heteroatoms. The molecule has 0 bridgehead atoms. The smallest absolute Gasteiger partial charge is 0.274 e. The summed E-state index contributed by atoms with van der Waals surface area (Å²) < 4.78 is 0. The summed E-state index contributed by atoms with van der Waals surface area (Å²) in [5.74, 6) is 1.16. The number of hydrogen-bond donors (Lipinski definition) is 0. The van der Waals surface area contributed by atoms with Crippen LogP contribution in [0, 0.1) is 0 Å². The molecule has 20 heavy (non-hydrogen) atoms. The zero-order valence-electron chi connectivity index (χ0n) is 11.2. The quantitative estimate of drug-likeness (QED) is 0.812. The van der Waals surface area contributed by atoms with Gasteiger partial charge in [-0.2, -0.15) is 0 Å². The van der Waals surface area contributed by atoms with Crippen molar-refractivity contribution in [2.45, 2.75) is 0 Å². The summed E-state index contributed by atoms with van der Waals surface area (Å²) in [6, 6.07) is 9.64. The van der Waals surface area contributed by atoms with Crippen LogP contribution in [0.25, 0.3) is 0 Å². The molecule has 2 aromatic rings. The molecule has 1 fully saturated rings. The van der Waals surface area contributed by atoms with Gasteiger partial charge in [-0.25, -0.2) is 4.98 Å². The second-order valence-corrected chi connectivity index (χ2v) is 4.77. The van der Waals surface area contributed by atoms with E-state index in [1.54, 1.807) is 18.5 Å². The minimum Gasteiger partial charge on any atom is -0.331 e. The van der Waals surface area contributed by atoms with Gasteiger partial charge in [0.2, 0.25) is 0 Å². The van der Waals surface area contributed by atoms with Crippen LogP contribution in [-0.4, -0.2) is 42.0 Å². The second-order valence-electron chi connectivity index (χ2n) is 4.77. The number of carbonyl (C=O) groups excluding carboxylic acids is 1. The first-order valence-electron chi connectivity index (χ1n) is 6.75. The second kappa shape index (κ2) is 5.69.